The van der Waals surface area contributed by atoms with E-state index in [0.29, 0.717) is 24.3 Å². The molecule has 38 heavy (non-hydrogen) atoms. The molecule has 0 saturated heterocycles. The van der Waals surface area contributed by atoms with Gasteiger partial charge in [0.1, 0.15) is 11.5 Å². The first-order chi connectivity index (χ1) is 18.2. The highest BCUT2D eigenvalue weighted by atomic mass is 32.1. The van der Waals surface area contributed by atoms with Gasteiger partial charge in [0.25, 0.3) is 0 Å². The van der Waals surface area contributed by atoms with E-state index in [0.717, 1.165) is 47.1 Å². The van der Waals surface area contributed by atoms with Gasteiger partial charge < -0.3 is 30.3 Å². The zero-order valence-electron chi connectivity index (χ0n) is 22.9. The first-order valence-electron chi connectivity index (χ1n) is 13.8. The molecule has 1 heterocycles. The second kappa shape index (κ2) is 10.7. The summed E-state index contributed by atoms with van der Waals surface area (Å²) >= 11 is 1.58. The number of methoxy groups -OCH3 is 2. The van der Waals surface area contributed by atoms with Crippen molar-refractivity contribution in [3.63, 3.8) is 0 Å². The summed E-state index contributed by atoms with van der Waals surface area (Å²) in [5, 5.41) is 28.9. The Morgan fingerprint density at radius 1 is 1.18 bits per heavy atom. The molecule has 8 nitrogen and oxygen atoms in total. The second-order valence-electron chi connectivity index (χ2n) is 11.8. The highest BCUT2D eigenvalue weighted by Crippen LogP contribution is 2.63. The van der Waals surface area contributed by atoms with Gasteiger partial charge in [0.05, 0.1) is 38.3 Å². The normalized spacial score (nSPS) is 30.8. The number of amides is 1. The van der Waals surface area contributed by atoms with E-state index in [1.165, 1.54) is 12.8 Å². The number of aliphatic hydroxyl groups is 2. The maximum absolute atomic E-state index is 13.4. The third-order valence-electron chi connectivity index (χ3n) is 9.65. The van der Waals surface area contributed by atoms with Gasteiger partial charge in [-0.1, -0.05) is 26.7 Å². The molecule has 1 amide bonds. The molecule has 0 bridgehead atoms. The lowest BCUT2D eigenvalue weighted by molar-refractivity contribution is -0.144. The number of aromatic nitrogens is 1. The number of hydrogen-bond acceptors (Lipinski definition) is 8. The molecule has 1 aromatic heterocycles. The van der Waals surface area contributed by atoms with E-state index < -0.39 is 11.5 Å². The first kappa shape index (κ1) is 27.2. The monoisotopic (exact) mass is 543 g/mol. The molecule has 208 valence electrons. The number of rotatable bonds is 8. The number of anilines is 2. The lowest BCUT2D eigenvalue weighted by Crippen LogP contribution is -2.57. The number of carbonyl (C=O) groups excluding carboxylic acids is 1. The summed E-state index contributed by atoms with van der Waals surface area (Å²) < 4.78 is 11.0. The highest BCUT2D eigenvalue weighted by Gasteiger charge is 2.59. The number of ether oxygens (including phenoxy) is 2. The predicted octanol–water partition coefficient (Wildman–Crippen LogP) is 4.77. The molecule has 1 aromatic carbocycles. The van der Waals surface area contributed by atoms with Crippen molar-refractivity contribution < 1.29 is 24.5 Å². The Hall–Kier alpha value is -2.36. The molecule has 3 aliphatic rings. The fourth-order valence-electron chi connectivity index (χ4n) is 7.27. The molecule has 5 atom stereocenters. The molecule has 2 fully saturated rings. The number of nitrogens with zero attached hydrogens (tertiary/aromatic N) is 1. The molecular weight excluding hydrogens is 502 g/mol. The molecule has 5 rings (SSSR count). The summed E-state index contributed by atoms with van der Waals surface area (Å²) in [6.07, 6.45) is 6.32. The van der Waals surface area contributed by atoms with Crippen molar-refractivity contribution in [3.05, 3.63) is 28.8 Å². The molecule has 0 spiro atoms. The Balaban J connectivity index is 1.51. The van der Waals surface area contributed by atoms with Crippen molar-refractivity contribution in [2.75, 3.05) is 26.1 Å². The summed E-state index contributed by atoms with van der Waals surface area (Å²) in [4.78, 5) is 19.6. The molecule has 2 saturated carbocycles. The number of benzene rings is 1. The minimum absolute atomic E-state index is 0.0279. The number of hydrogen-bond donors (Lipinski definition) is 4. The maximum atomic E-state index is 13.4. The molecule has 3 aliphatic carbocycles. The summed E-state index contributed by atoms with van der Waals surface area (Å²) in [5.74, 6) is 1.39. The smallest absolute Gasteiger partial charge is 0.220 e. The molecule has 5 unspecified atom stereocenters. The van der Waals surface area contributed by atoms with E-state index >= 15 is 0 Å². The van der Waals surface area contributed by atoms with Crippen molar-refractivity contribution in [3.8, 4) is 11.5 Å². The van der Waals surface area contributed by atoms with Gasteiger partial charge in [-0.15, -0.1) is 11.3 Å². The topological polar surface area (TPSA) is 113 Å². The summed E-state index contributed by atoms with van der Waals surface area (Å²) in [7, 11) is 3.26. The Morgan fingerprint density at radius 3 is 2.63 bits per heavy atom. The third-order valence-corrected chi connectivity index (χ3v) is 10.7. The Kier molecular flexibility index (Phi) is 7.64. The van der Waals surface area contributed by atoms with Crippen LogP contribution in [-0.4, -0.2) is 54.1 Å². The molecule has 0 radical (unpaired) electrons. The van der Waals surface area contributed by atoms with Crippen LogP contribution in [0.1, 0.15) is 75.3 Å². The van der Waals surface area contributed by atoms with E-state index in [-0.39, 0.29) is 35.8 Å². The van der Waals surface area contributed by atoms with Crippen LogP contribution in [0.4, 0.5) is 10.8 Å². The van der Waals surface area contributed by atoms with Gasteiger partial charge in [-0.3, -0.25) is 4.79 Å². The number of thiazole rings is 1. The summed E-state index contributed by atoms with van der Waals surface area (Å²) in [6, 6.07) is 5.85. The van der Waals surface area contributed by atoms with Crippen molar-refractivity contribution in [2.45, 2.75) is 83.3 Å². The second-order valence-corrected chi connectivity index (χ2v) is 12.9. The molecule has 2 aromatic rings. The van der Waals surface area contributed by atoms with Gasteiger partial charge in [0.2, 0.25) is 5.91 Å². The Morgan fingerprint density at radius 2 is 1.95 bits per heavy atom. The van der Waals surface area contributed by atoms with Crippen LogP contribution in [0.2, 0.25) is 0 Å². The zero-order chi connectivity index (χ0) is 27.1. The van der Waals surface area contributed by atoms with Crippen molar-refractivity contribution in [1.29, 1.82) is 0 Å². The van der Waals surface area contributed by atoms with Crippen LogP contribution >= 0.6 is 11.3 Å². The number of aliphatic hydroxyl groups excluding tert-OH is 2. The largest absolute Gasteiger partial charge is 0.497 e. The standard InChI is InChI=1S/C29H41N3O5S/c1-28-12-11-24(34)29(2,16-33)23(28)15-22-26(19(28)14-25(35)30-17-7-5-6-8-17)32-27(38-22)31-20-13-18(36-3)9-10-21(20)37-4/h9-10,13,17,19,23-24,33-34H,5-8,11-12,14-16H2,1-4H3,(H,30,35)(H,31,32). The van der Waals surface area contributed by atoms with Crippen LogP contribution in [0, 0.1) is 16.7 Å². The zero-order valence-corrected chi connectivity index (χ0v) is 23.7. The minimum Gasteiger partial charge on any atom is -0.497 e. The highest BCUT2D eigenvalue weighted by molar-refractivity contribution is 7.15. The van der Waals surface area contributed by atoms with Crippen LogP contribution in [0.15, 0.2) is 18.2 Å². The predicted molar refractivity (Wildman–Crippen MR) is 148 cm³/mol. The van der Waals surface area contributed by atoms with Gasteiger partial charge in [-0.05, 0) is 55.6 Å². The van der Waals surface area contributed by atoms with Crippen LogP contribution in [-0.2, 0) is 11.2 Å². The average Bonchev–Trinajstić information content (AvgIpc) is 3.57. The Bertz CT molecular complexity index is 1170. The maximum Gasteiger partial charge on any atom is 0.220 e. The molecule has 9 heteroatoms. The lowest BCUT2D eigenvalue weighted by atomic mass is 9.47. The van der Waals surface area contributed by atoms with E-state index in [2.05, 4.69) is 17.6 Å². The van der Waals surface area contributed by atoms with Crippen LogP contribution in [0.3, 0.4) is 0 Å². The number of carbonyl (C=O) groups is 1. The molecule has 0 aliphatic heterocycles. The van der Waals surface area contributed by atoms with Crippen molar-refractivity contribution in [2.24, 2.45) is 16.7 Å². The Labute approximate surface area is 229 Å². The van der Waals surface area contributed by atoms with Crippen LogP contribution in [0.25, 0.3) is 0 Å². The van der Waals surface area contributed by atoms with Crippen LogP contribution in [0.5, 0.6) is 11.5 Å². The fourth-order valence-corrected chi connectivity index (χ4v) is 8.35. The SMILES string of the molecule is COc1ccc(OC)c(Nc2nc3c(s2)CC2C(C)(CO)C(O)CCC2(C)C3CC(=O)NC2CCCC2)c1. The van der Waals surface area contributed by atoms with Gasteiger partial charge in [0.15, 0.2) is 5.13 Å². The number of nitrogens with one attached hydrogen (secondary N) is 2. The lowest BCUT2D eigenvalue weighted by Gasteiger charge is -2.58. The number of fused-ring (bicyclic) bond motifs is 2. The molecular formula is C29H41N3O5S. The van der Waals surface area contributed by atoms with E-state index in [4.69, 9.17) is 14.5 Å². The average molecular weight is 544 g/mol. The quantitative estimate of drug-likeness (QED) is 0.379. The van der Waals surface area contributed by atoms with Crippen molar-refractivity contribution >= 4 is 28.1 Å². The van der Waals surface area contributed by atoms with Gasteiger partial charge >= 0.3 is 0 Å². The van der Waals surface area contributed by atoms with Crippen LogP contribution < -0.4 is 20.1 Å². The van der Waals surface area contributed by atoms with Gasteiger partial charge in [-0.2, -0.15) is 0 Å². The minimum atomic E-state index is -0.640. The van der Waals surface area contributed by atoms with Crippen molar-refractivity contribution in [1.82, 2.24) is 10.3 Å². The van der Waals surface area contributed by atoms with E-state index in [9.17, 15) is 15.0 Å². The van der Waals surface area contributed by atoms with E-state index in [1.54, 1.807) is 25.6 Å². The van der Waals surface area contributed by atoms with Gasteiger partial charge in [-0.25, -0.2) is 4.98 Å². The third kappa shape index (κ3) is 4.77. The first-order valence-corrected chi connectivity index (χ1v) is 14.6. The summed E-state index contributed by atoms with van der Waals surface area (Å²) in [6.45, 7) is 4.16. The summed E-state index contributed by atoms with van der Waals surface area (Å²) in [5.41, 5.74) is 0.817. The fraction of sp³-hybridized carbons (Fsp3) is 0.655. The molecule has 4 N–H and O–H groups in total. The van der Waals surface area contributed by atoms with E-state index in [1.807, 2.05) is 25.1 Å². The van der Waals surface area contributed by atoms with Gasteiger partial charge in [0, 0.05) is 34.7 Å².